The van der Waals surface area contributed by atoms with Crippen molar-refractivity contribution in [3.8, 4) is 39.1 Å². The highest BCUT2D eigenvalue weighted by atomic mass is 15.1. The Kier molecular flexibility index (Phi) is 8.19. The van der Waals surface area contributed by atoms with Crippen molar-refractivity contribution in [1.82, 2.24) is 4.57 Å². The van der Waals surface area contributed by atoms with E-state index in [0.29, 0.717) is 0 Å². The number of aromatic nitrogens is 1. The first kappa shape index (κ1) is 33.6. The van der Waals surface area contributed by atoms with E-state index in [9.17, 15) is 0 Å². The monoisotopic (exact) mass is 738 g/mol. The zero-order valence-corrected chi connectivity index (χ0v) is 31.8. The molecule has 0 aliphatic rings. The number of benzene rings is 10. The Morgan fingerprint density at radius 3 is 1.36 bits per heavy atom. The van der Waals surface area contributed by atoms with Crippen LogP contribution in [-0.4, -0.2) is 4.57 Å². The lowest BCUT2D eigenvalue weighted by molar-refractivity contribution is 1.18. The van der Waals surface area contributed by atoms with E-state index in [0.717, 1.165) is 17.1 Å². The van der Waals surface area contributed by atoms with Crippen molar-refractivity contribution in [1.29, 1.82) is 0 Å². The lowest BCUT2D eigenvalue weighted by Gasteiger charge is -2.26. The fourth-order valence-corrected chi connectivity index (χ4v) is 8.85. The van der Waals surface area contributed by atoms with E-state index in [1.807, 2.05) is 0 Å². The van der Waals surface area contributed by atoms with Crippen LogP contribution in [-0.2, 0) is 0 Å². The zero-order chi connectivity index (χ0) is 38.4. The van der Waals surface area contributed by atoms with Gasteiger partial charge in [-0.25, -0.2) is 0 Å². The Morgan fingerprint density at radius 2 is 0.707 bits per heavy atom. The highest BCUT2D eigenvalue weighted by Crippen LogP contribution is 2.40. The first-order valence-electron chi connectivity index (χ1n) is 19.9. The Morgan fingerprint density at radius 1 is 0.276 bits per heavy atom. The number of hydrogen-bond acceptors (Lipinski definition) is 1. The summed E-state index contributed by atoms with van der Waals surface area (Å²) in [5.74, 6) is 0. The molecule has 0 bridgehead atoms. The van der Waals surface area contributed by atoms with Gasteiger partial charge < -0.3 is 9.47 Å². The Bertz CT molecular complexity index is 3200. The van der Waals surface area contributed by atoms with Crippen LogP contribution in [0.25, 0.3) is 82.4 Å². The molecule has 0 radical (unpaired) electrons. The van der Waals surface area contributed by atoms with Crippen molar-refractivity contribution in [3.05, 3.63) is 231 Å². The fraction of sp³-hybridized carbons (Fsp3) is 0. The molecule has 1 aromatic heterocycles. The molecule has 11 rings (SSSR count). The van der Waals surface area contributed by atoms with E-state index in [-0.39, 0.29) is 0 Å². The zero-order valence-electron chi connectivity index (χ0n) is 31.8. The minimum Gasteiger partial charge on any atom is -0.311 e. The summed E-state index contributed by atoms with van der Waals surface area (Å²) in [6.45, 7) is 0. The fourth-order valence-electron chi connectivity index (χ4n) is 8.85. The molecule has 2 heteroatoms. The van der Waals surface area contributed by atoms with E-state index in [4.69, 9.17) is 0 Å². The summed E-state index contributed by atoms with van der Waals surface area (Å²) in [7, 11) is 0. The molecule has 11 aromatic rings. The van der Waals surface area contributed by atoms with Crippen LogP contribution in [0.1, 0.15) is 0 Å². The molecule has 0 saturated carbocycles. The largest absolute Gasteiger partial charge is 0.311 e. The van der Waals surface area contributed by atoms with Crippen molar-refractivity contribution in [3.63, 3.8) is 0 Å². The van der Waals surface area contributed by atoms with E-state index >= 15 is 0 Å². The molecule has 0 atom stereocenters. The smallest absolute Gasteiger partial charge is 0.0541 e. The standard InChI is InChI=1S/C56H38N2/c1-2-15-44(16-3-1)57(46-36-32-41(33-37-46)48-18-8-11-23-54(48)58-55-24-12-9-21-51(55)52-22-10-13-25-56(52)58)45-34-30-40(31-35-45)39-26-28-42(29-27-39)53-38-43-14-4-5-17-47(43)49-19-6-7-20-50(49)53/h1-38H. The number of rotatable bonds is 7. The number of hydrogen-bond donors (Lipinski definition) is 0. The summed E-state index contributed by atoms with van der Waals surface area (Å²) in [6.07, 6.45) is 0. The molecule has 0 aliphatic carbocycles. The topological polar surface area (TPSA) is 8.17 Å². The predicted octanol–water partition coefficient (Wildman–Crippen LogP) is 15.6. The third kappa shape index (κ3) is 5.74. The second-order valence-corrected chi connectivity index (χ2v) is 14.9. The molecule has 0 amide bonds. The van der Waals surface area contributed by atoms with Crippen molar-refractivity contribution in [2.75, 3.05) is 4.90 Å². The van der Waals surface area contributed by atoms with Crippen molar-refractivity contribution in [2.24, 2.45) is 0 Å². The van der Waals surface area contributed by atoms with Gasteiger partial charge in [-0.15, -0.1) is 0 Å². The molecular formula is C56H38N2. The summed E-state index contributed by atoms with van der Waals surface area (Å²) in [5, 5.41) is 7.65. The average molecular weight is 739 g/mol. The molecule has 0 unspecified atom stereocenters. The van der Waals surface area contributed by atoms with E-state index in [1.165, 1.54) is 82.4 Å². The number of para-hydroxylation sites is 4. The van der Waals surface area contributed by atoms with Gasteiger partial charge in [0.05, 0.1) is 16.7 Å². The molecule has 0 N–H and O–H groups in total. The average Bonchev–Trinajstić information content (AvgIpc) is 3.64. The number of anilines is 3. The normalized spacial score (nSPS) is 11.4. The maximum Gasteiger partial charge on any atom is 0.0541 e. The van der Waals surface area contributed by atoms with Crippen LogP contribution in [0.15, 0.2) is 231 Å². The van der Waals surface area contributed by atoms with Gasteiger partial charge >= 0.3 is 0 Å². The van der Waals surface area contributed by atoms with Crippen LogP contribution in [0.2, 0.25) is 0 Å². The highest BCUT2D eigenvalue weighted by molar-refractivity contribution is 6.14. The van der Waals surface area contributed by atoms with Gasteiger partial charge in [0, 0.05) is 33.4 Å². The third-order valence-corrected chi connectivity index (χ3v) is 11.6. The first-order valence-corrected chi connectivity index (χ1v) is 19.9. The molecular weight excluding hydrogens is 701 g/mol. The molecule has 0 saturated heterocycles. The first-order chi connectivity index (χ1) is 28.8. The van der Waals surface area contributed by atoms with Gasteiger partial charge in [0.25, 0.3) is 0 Å². The van der Waals surface area contributed by atoms with Crippen molar-refractivity contribution < 1.29 is 0 Å². The third-order valence-electron chi connectivity index (χ3n) is 11.6. The van der Waals surface area contributed by atoms with Crippen LogP contribution in [0.3, 0.4) is 0 Å². The van der Waals surface area contributed by atoms with Crippen LogP contribution in [0.5, 0.6) is 0 Å². The molecule has 272 valence electrons. The van der Waals surface area contributed by atoms with Crippen molar-refractivity contribution in [2.45, 2.75) is 0 Å². The quantitative estimate of drug-likeness (QED) is 0.148. The van der Waals surface area contributed by atoms with Gasteiger partial charge in [0.1, 0.15) is 0 Å². The van der Waals surface area contributed by atoms with Crippen LogP contribution in [0, 0.1) is 0 Å². The molecule has 0 spiro atoms. The van der Waals surface area contributed by atoms with E-state index in [2.05, 4.69) is 240 Å². The van der Waals surface area contributed by atoms with Crippen LogP contribution >= 0.6 is 0 Å². The Labute approximate surface area is 338 Å². The molecule has 0 fully saturated rings. The van der Waals surface area contributed by atoms with Crippen molar-refractivity contribution >= 4 is 60.4 Å². The lowest BCUT2D eigenvalue weighted by Crippen LogP contribution is -2.09. The molecule has 2 nitrogen and oxygen atoms in total. The summed E-state index contributed by atoms with van der Waals surface area (Å²) in [6, 6.07) is 83.5. The van der Waals surface area contributed by atoms with Gasteiger partial charge in [-0.2, -0.15) is 0 Å². The SMILES string of the molecule is c1ccc(N(c2ccc(-c3ccc(-c4cc5ccccc5c5ccccc45)cc3)cc2)c2ccc(-c3ccccc3-n3c4ccccc4c4ccccc43)cc2)cc1. The maximum absolute atomic E-state index is 2.41. The summed E-state index contributed by atoms with van der Waals surface area (Å²) in [5.41, 5.74) is 14.1. The maximum atomic E-state index is 2.41. The highest BCUT2D eigenvalue weighted by Gasteiger charge is 2.17. The second-order valence-electron chi connectivity index (χ2n) is 14.9. The van der Waals surface area contributed by atoms with E-state index < -0.39 is 0 Å². The molecule has 10 aromatic carbocycles. The van der Waals surface area contributed by atoms with Gasteiger partial charge in [-0.1, -0.05) is 170 Å². The second kappa shape index (κ2) is 14.1. The molecule has 1 heterocycles. The minimum absolute atomic E-state index is 1.10. The number of nitrogens with zero attached hydrogens (tertiary/aromatic N) is 2. The predicted molar refractivity (Wildman–Crippen MR) is 247 cm³/mol. The molecule has 0 aliphatic heterocycles. The number of fused-ring (bicyclic) bond motifs is 6. The van der Waals surface area contributed by atoms with E-state index in [1.54, 1.807) is 0 Å². The van der Waals surface area contributed by atoms with Gasteiger partial charge in [-0.3, -0.25) is 0 Å². The Hall–Kier alpha value is -7.68. The van der Waals surface area contributed by atoms with Crippen LogP contribution in [0.4, 0.5) is 17.1 Å². The van der Waals surface area contributed by atoms with Crippen LogP contribution < -0.4 is 4.90 Å². The summed E-state index contributed by atoms with van der Waals surface area (Å²) < 4.78 is 2.41. The lowest BCUT2D eigenvalue weighted by atomic mass is 9.92. The summed E-state index contributed by atoms with van der Waals surface area (Å²) >= 11 is 0. The summed E-state index contributed by atoms with van der Waals surface area (Å²) in [4.78, 5) is 2.33. The van der Waals surface area contributed by atoms with Gasteiger partial charge in [-0.05, 0) is 110 Å². The molecule has 58 heavy (non-hydrogen) atoms. The van der Waals surface area contributed by atoms with Gasteiger partial charge in [0.2, 0.25) is 0 Å². The van der Waals surface area contributed by atoms with Gasteiger partial charge in [0.15, 0.2) is 0 Å². The minimum atomic E-state index is 1.10. The Balaban J connectivity index is 0.925.